The zero-order valence-corrected chi connectivity index (χ0v) is 14.0. The largest absolute Gasteiger partial charge is 0.379 e. The van der Waals surface area contributed by atoms with E-state index in [9.17, 15) is 0 Å². The third-order valence-electron chi connectivity index (χ3n) is 4.75. The highest BCUT2D eigenvalue weighted by atomic mass is 16.5. The SMILES string of the molecule is Cc1noc(-c2cccnc2N2CCC(CN3CCOCC3)C2)n1. The number of anilines is 1. The summed E-state index contributed by atoms with van der Waals surface area (Å²) in [5.41, 5.74) is 0.921. The molecule has 0 aromatic carbocycles. The third-order valence-corrected chi connectivity index (χ3v) is 4.75. The van der Waals surface area contributed by atoms with E-state index in [-0.39, 0.29) is 0 Å². The Hall–Kier alpha value is -1.99. The number of pyridine rings is 1. The number of rotatable bonds is 4. The molecule has 2 aromatic heterocycles. The Kier molecular flexibility index (Phi) is 4.44. The van der Waals surface area contributed by atoms with Crippen molar-refractivity contribution >= 4 is 5.82 Å². The van der Waals surface area contributed by atoms with Crippen molar-refractivity contribution in [3.8, 4) is 11.5 Å². The molecular formula is C17H23N5O2. The zero-order chi connectivity index (χ0) is 16.4. The van der Waals surface area contributed by atoms with Crippen LogP contribution < -0.4 is 4.90 Å². The summed E-state index contributed by atoms with van der Waals surface area (Å²) >= 11 is 0. The standard InChI is InChI=1S/C17H23N5O2/c1-13-19-17(24-20-13)15-3-2-5-18-16(15)22-6-4-14(12-22)11-21-7-9-23-10-8-21/h2-3,5,14H,4,6-12H2,1H3. The number of nitrogens with zero attached hydrogens (tertiary/aromatic N) is 5. The van der Waals surface area contributed by atoms with Gasteiger partial charge in [0.25, 0.3) is 5.89 Å². The quantitative estimate of drug-likeness (QED) is 0.844. The molecule has 1 atom stereocenters. The van der Waals surface area contributed by atoms with E-state index >= 15 is 0 Å². The van der Waals surface area contributed by atoms with E-state index in [2.05, 4.69) is 24.9 Å². The molecule has 2 aliphatic rings. The molecule has 0 radical (unpaired) electrons. The molecular weight excluding hydrogens is 306 g/mol. The minimum atomic E-state index is 0.548. The third kappa shape index (κ3) is 3.27. The molecule has 0 saturated carbocycles. The maximum atomic E-state index is 5.44. The molecule has 0 spiro atoms. The van der Waals surface area contributed by atoms with Gasteiger partial charge in [0.15, 0.2) is 5.82 Å². The first-order valence-corrected chi connectivity index (χ1v) is 8.60. The van der Waals surface area contributed by atoms with Crippen LogP contribution in [0.5, 0.6) is 0 Å². The molecule has 128 valence electrons. The molecule has 24 heavy (non-hydrogen) atoms. The summed E-state index contributed by atoms with van der Waals surface area (Å²) in [4.78, 5) is 13.8. The topological polar surface area (TPSA) is 67.5 Å². The molecule has 7 heteroatoms. The van der Waals surface area contributed by atoms with Crippen molar-refractivity contribution in [2.75, 3.05) is 50.8 Å². The zero-order valence-electron chi connectivity index (χ0n) is 14.0. The number of hydrogen-bond acceptors (Lipinski definition) is 7. The first-order chi connectivity index (χ1) is 11.8. The number of aryl methyl sites for hydroxylation is 1. The average molecular weight is 329 g/mol. The normalized spacial score (nSPS) is 22.2. The van der Waals surface area contributed by atoms with Crippen LogP contribution in [0.3, 0.4) is 0 Å². The van der Waals surface area contributed by atoms with Gasteiger partial charge in [0.1, 0.15) is 5.82 Å². The molecule has 0 aliphatic carbocycles. The Bertz CT molecular complexity index is 683. The molecule has 4 heterocycles. The molecule has 1 unspecified atom stereocenters. The molecule has 4 rings (SSSR count). The minimum absolute atomic E-state index is 0.548. The number of ether oxygens (including phenoxy) is 1. The van der Waals surface area contributed by atoms with Gasteiger partial charge in [-0.1, -0.05) is 5.16 Å². The highest BCUT2D eigenvalue weighted by Gasteiger charge is 2.28. The Morgan fingerprint density at radius 2 is 2.12 bits per heavy atom. The molecule has 0 bridgehead atoms. The second kappa shape index (κ2) is 6.86. The molecule has 0 amide bonds. The second-order valence-corrected chi connectivity index (χ2v) is 6.54. The van der Waals surface area contributed by atoms with E-state index in [0.29, 0.717) is 17.6 Å². The van der Waals surface area contributed by atoms with Gasteiger partial charge >= 0.3 is 0 Å². The van der Waals surface area contributed by atoms with E-state index in [1.807, 2.05) is 25.3 Å². The summed E-state index contributed by atoms with van der Waals surface area (Å²) in [6, 6.07) is 3.92. The van der Waals surface area contributed by atoms with Crippen LogP contribution in [0, 0.1) is 12.8 Å². The molecule has 7 nitrogen and oxygen atoms in total. The van der Waals surface area contributed by atoms with Crippen molar-refractivity contribution in [1.82, 2.24) is 20.0 Å². The van der Waals surface area contributed by atoms with Crippen LogP contribution in [-0.4, -0.2) is 66.0 Å². The first kappa shape index (κ1) is 15.5. The summed E-state index contributed by atoms with van der Waals surface area (Å²) < 4.78 is 10.8. The van der Waals surface area contributed by atoms with Gasteiger partial charge in [-0.2, -0.15) is 4.98 Å². The van der Waals surface area contributed by atoms with E-state index < -0.39 is 0 Å². The van der Waals surface area contributed by atoms with Gasteiger partial charge in [-0.05, 0) is 31.4 Å². The van der Waals surface area contributed by atoms with Crippen LogP contribution in [0.15, 0.2) is 22.9 Å². The van der Waals surface area contributed by atoms with Gasteiger partial charge in [0.2, 0.25) is 0 Å². The summed E-state index contributed by atoms with van der Waals surface area (Å²) in [5.74, 6) is 2.81. The fraction of sp³-hybridized carbons (Fsp3) is 0.588. The van der Waals surface area contributed by atoms with Crippen molar-refractivity contribution in [3.05, 3.63) is 24.2 Å². The van der Waals surface area contributed by atoms with E-state index in [4.69, 9.17) is 9.26 Å². The van der Waals surface area contributed by atoms with Gasteiger partial charge in [-0.25, -0.2) is 4.98 Å². The van der Waals surface area contributed by atoms with Crippen LogP contribution in [0.1, 0.15) is 12.2 Å². The molecule has 0 N–H and O–H groups in total. The van der Waals surface area contributed by atoms with Gasteiger partial charge in [0, 0.05) is 38.9 Å². The number of hydrogen-bond donors (Lipinski definition) is 0. The van der Waals surface area contributed by atoms with Crippen molar-refractivity contribution in [3.63, 3.8) is 0 Å². The predicted molar refractivity (Wildman–Crippen MR) is 89.8 cm³/mol. The summed E-state index contributed by atoms with van der Waals surface area (Å²) in [6.45, 7) is 8.83. The summed E-state index contributed by atoms with van der Waals surface area (Å²) in [6.07, 6.45) is 3.02. The maximum Gasteiger partial charge on any atom is 0.261 e. The highest BCUT2D eigenvalue weighted by Crippen LogP contribution is 2.31. The molecule has 2 aromatic rings. The second-order valence-electron chi connectivity index (χ2n) is 6.54. The maximum absolute atomic E-state index is 5.44. The van der Waals surface area contributed by atoms with Crippen molar-refractivity contribution in [2.24, 2.45) is 5.92 Å². The van der Waals surface area contributed by atoms with E-state index in [1.165, 1.54) is 6.42 Å². The van der Waals surface area contributed by atoms with Gasteiger partial charge in [-0.15, -0.1) is 0 Å². The highest BCUT2D eigenvalue weighted by molar-refractivity contribution is 5.70. The number of aromatic nitrogens is 3. The van der Waals surface area contributed by atoms with Crippen LogP contribution in [0.2, 0.25) is 0 Å². The summed E-state index contributed by atoms with van der Waals surface area (Å²) in [5, 5.41) is 3.90. The summed E-state index contributed by atoms with van der Waals surface area (Å²) in [7, 11) is 0. The lowest BCUT2D eigenvalue weighted by molar-refractivity contribution is 0.0320. The Morgan fingerprint density at radius 3 is 2.92 bits per heavy atom. The smallest absolute Gasteiger partial charge is 0.261 e. The lowest BCUT2D eigenvalue weighted by atomic mass is 10.1. The Morgan fingerprint density at radius 1 is 1.25 bits per heavy atom. The van der Waals surface area contributed by atoms with Crippen molar-refractivity contribution in [2.45, 2.75) is 13.3 Å². The fourth-order valence-electron chi connectivity index (χ4n) is 3.55. The van der Waals surface area contributed by atoms with Crippen molar-refractivity contribution in [1.29, 1.82) is 0 Å². The predicted octanol–water partition coefficient (Wildman–Crippen LogP) is 1.60. The van der Waals surface area contributed by atoms with Crippen LogP contribution in [-0.2, 0) is 4.74 Å². The lowest BCUT2D eigenvalue weighted by Crippen LogP contribution is -2.40. The first-order valence-electron chi connectivity index (χ1n) is 8.60. The van der Waals surface area contributed by atoms with E-state index in [1.54, 1.807) is 0 Å². The van der Waals surface area contributed by atoms with Crippen molar-refractivity contribution < 1.29 is 9.26 Å². The van der Waals surface area contributed by atoms with E-state index in [0.717, 1.165) is 57.3 Å². The van der Waals surface area contributed by atoms with Gasteiger partial charge in [0.05, 0.1) is 18.8 Å². The van der Waals surface area contributed by atoms with Crippen LogP contribution in [0.4, 0.5) is 5.82 Å². The monoisotopic (exact) mass is 329 g/mol. The Balaban J connectivity index is 1.47. The van der Waals surface area contributed by atoms with Gasteiger partial charge in [-0.3, -0.25) is 4.90 Å². The minimum Gasteiger partial charge on any atom is -0.379 e. The fourth-order valence-corrected chi connectivity index (χ4v) is 3.55. The lowest BCUT2D eigenvalue weighted by Gasteiger charge is -2.29. The molecule has 2 aliphatic heterocycles. The van der Waals surface area contributed by atoms with Gasteiger partial charge < -0.3 is 14.2 Å². The molecule has 2 fully saturated rings. The Labute approximate surface area is 141 Å². The molecule has 2 saturated heterocycles. The number of morpholine rings is 1. The average Bonchev–Trinajstić information content (AvgIpc) is 3.25. The van der Waals surface area contributed by atoms with Crippen LogP contribution >= 0.6 is 0 Å². The van der Waals surface area contributed by atoms with Crippen LogP contribution in [0.25, 0.3) is 11.5 Å².